The van der Waals surface area contributed by atoms with E-state index in [9.17, 15) is 9.59 Å². The molecule has 3 nitrogen and oxygen atoms in total. The number of likely N-dealkylation sites (tertiary alicyclic amines) is 1. The molecule has 1 aliphatic heterocycles. The molecule has 1 saturated heterocycles. The van der Waals surface area contributed by atoms with Gasteiger partial charge in [0.1, 0.15) is 0 Å². The largest absolute Gasteiger partial charge is 0.330 e. The predicted octanol–water partition coefficient (Wildman–Crippen LogP) is 2.20. The number of amides is 1. The number of ketones is 1. The SMILES string of the molecule is CC1(C)CC(=O)CN1C(=O)CCc1ccccc1. The Morgan fingerprint density at radius 3 is 2.50 bits per heavy atom. The van der Waals surface area contributed by atoms with Crippen molar-refractivity contribution in [3.8, 4) is 0 Å². The van der Waals surface area contributed by atoms with Crippen LogP contribution in [0.3, 0.4) is 0 Å². The van der Waals surface area contributed by atoms with Crippen molar-refractivity contribution in [2.24, 2.45) is 0 Å². The van der Waals surface area contributed by atoms with Crippen LogP contribution in [0.15, 0.2) is 30.3 Å². The predicted molar refractivity (Wildman–Crippen MR) is 70.2 cm³/mol. The highest BCUT2D eigenvalue weighted by molar-refractivity contribution is 5.91. The Hall–Kier alpha value is -1.64. The van der Waals surface area contributed by atoms with Crippen LogP contribution in [0.4, 0.5) is 0 Å². The average molecular weight is 245 g/mol. The number of benzene rings is 1. The van der Waals surface area contributed by atoms with E-state index in [1.54, 1.807) is 4.90 Å². The van der Waals surface area contributed by atoms with Crippen LogP contribution in [0.2, 0.25) is 0 Å². The number of carbonyl (C=O) groups is 2. The smallest absolute Gasteiger partial charge is 0.223 e. The third-order valence-corrected chi connectivity index (χ3v) is 3.47. The third-order valence-electron chi connectivity index (χ3n) is 3.47. The monoisotopic (exact) mass is 245 g/mol. The Labute approximate surface area is 108 Å². The van der Waals surface area contributed by atoms with Crippen LogP contribution in [0.1, 0.15) is 32.3 Å². The van der Waals surface area contributed by atoms with Crippen LogP contribution < -0.4 is 0 Å². The second kappa shape index (κ2) is 4.92. The minimum absolute atomic E-state index is 0.0784. The van der Waals surface area contributed by atoms with Crippen LogP contribution in [0, 0.1) is 0 Å². The molecule has 0 bridgehead atoms. The van der Waals surface area contributed by atoms with E-state index in [0.717, 1.165) is 12.0 Å². The van der Waals surface area contributed by atoms with Gasteiger partial charge < -0.3 is 4.90 Å². The second-order valence-corrected chi connectivity index (χ2v) is 5.49. The Kier molecular flexibility index (Phi) is 3.50. The number of hydrogen-bond acceptors (Lipinski definition) is 2. The number of nitrogens with zero attached hydrogens (tertiary/aromatic N) is 1. The van der Waals surface area contributed by atoms with Crippen molar-refractivity contribution in [2.45, 2.75) is 38.6 Å². The van der Waals surface area contributed by atoms with E-state index in [2.05, 4.69) is 0 Å². The normalized spacial score (nSPS) is 18.1. The zero-order valence-corrected chi connectivity index (χ0v) is 11.0. The number of aryl methyl sites for hydroxylation is 1. The fraction of sp³-hybridized carbons (Fsp3) is 0.467. The molecule has 1 fully saturated rings. The summed E-state index contributed by atoms with van der Waals surface area (Å²) in [7, 11) is 0. The molecule has 1 aliphatic rings. The highest BCUT2D eigenvalue weighted by Crippen LogP contribution is 2.26. The van der Waals surface area contributed by atoms with Crippen molar-refractivity contribution >= 4 is 11.7 Å². The zero-order chi connectivity index (χ0) is 13.2. The number of carbonyl (C=O) groups excluding carboxylic acids is 2. The average Bonchev–Trinajstić information content (AvgIpc) is 2.61. The molecule has 3 heteroatoms. The maximum atomic E-state index is 12.2. The minimum Gasteiger partial charge on any atom is -0.330 e. The molecule has 1 aromatic rings. The molecule has 1 heterocycles. The first-order valence-electron chi connectivity index (χ1n) is 6.35. The molecule has 0 radical (unpaired) electrons. The van der Waals surface area contributed by atoms with E-state index in [1.807, 2.05) is 44.2 Å². The van der Waals surface area contributed by atoms with Crippen LogP contribution in [0.25, 0.3) is 0 Å². The highest BCUT2D eigenvalue weighted by Gasteiger charge is 2.39. The maximum absolute atomic E-state index is 12.2. The van der Waals surface area contributed by atoms with Gasteiger partial charge in [-0.2, -0.15) is 0 Å². The topological polar surface area (TPSA) is 37.4 Å². The summed E-state index contributed by atoms with van der Waals surface area (Å²) >= 11 is 0. The Morgan fingerprint density at radius 1 is 1.28 bits per heavy atom. The lowest BCUT2D eigenvalue weighted by molar-refractivity contribution is -0.135. The molecule has 0 atom stereocenters. The van der Waals surface area contributed by atoms with Gasteiger partial charge in [0.2, 0.25) is 5.91 Å². The summed E-state index contributed by atoms with van der Waals surface area (Å²) in [6.45, 7) is 4.19. The van der Waals surface area contributed by atoms with Gasteiger partial charge in [-0.05, 0) is 25.8 Å². The van der Waals surface area contributed by atoms with Crippen LogP contribution in [0.5, 0.6) is 0 Å². The van der Waals surface area contributed by atoms with E-state index < -0.39 is 0 Å². The molecule has 0 aliphatic carbocycles. The number of rotatable bonds is 3. The Bertz CT molecular complexity index is 451. The van der Waals surface area contributed by atoms with Crippen molar-refractivity contribution < 1.29 is 9.59 Å². The summed E-state index contributed by atoms with van der Waals surface area (Å²) in [4.78, 5) is 25.3. The van der Waals surface area contributed by atoms with Gasteiger partial charge in [0.05, 0.1) is 6.54 Å². The van der Waals surface area contributed by atoms with Gasteiger partial charge in [-0.15, -0.1) is 0 Å². The molecule has 1 amide bonds. The molecule has 96 valence electrons. The van der Waals surface area contributed by atoms with Gasteiger partial charge in [0.15, 0.2) is 5.78 Å². The molecule has 0 aromatic heterocycles. The lowest BCUT2D eigenvalue weighted by Crippen LogP contribution is -2.42. The van der Waals surface area contributed by atoms with Gasteiger partial charge in [-0.3, -0.25) is 9.59 Å². The Balaban J connectivity index is 1.95. The van der Waals surface area contributed by atoms with Crippen LogP contribution in [-0.2, 0) is 16.0 Å². The van der Waals surface area contributed by atoms with Crippen molar-refractivity contribution in [2.75, 3.05) is 6.54 Å². The molecule has 0 unspecified atom stereocenters. The van der Waals surface area contributed by atoms with Crippen molar-refractivity contribution in [3.63, 3.8) is 0 Å². The fourth-order valence-electron chi connectivity index (χ4n) is 2.48. The van der Waals surface area contributed by atoms with E-state index in [-0.39, 0.29) is 23.8 Å². The number of hydrogen-bond donors (Lipinski definition) is 0. The number of Topliss-reactive ketones (excluding diaryl/α,β-unsaturated/α-hetero) is 1. The maximum Gasteiger partial charge on any atom is 0.223 e. The fourth-order valence-corrected chi connectivity index (χ4v) is 2.48. The highest BCUT2D eigenvalue weighted by atomic mass is 16.2. The molecular formula is C15H19NO2. The van der Waals surface area contributed by atoms with Gasteiger partial charge >= 0.3 is 0 Å². The molecule has 1 aromatic carbocycles. The summed E-state index contributed by atoms with van der Waals surface area (Å²) in [5.74, 6) is 0.239. The zero-order valence-electron chi connectivity index (χ0n) is 11.0. The summed E-state index contributed by atoms with van der Waals surface area (Å²) < 4.78 is 0. The molecule has 2 rings (SSSR count). The summed E-state index contributed by atoms with van der Waals surface area (Å²) in [5.41, 5.74) is 0.847. The Morgan fingerprint density at radius 2 is 1.94 bits per heavy atom. The summed E-state index contributed by atoms with van der Waals surface area (Å²) in [5, 5.41) is 0. The first-order chi connectivity index (χ1) is 8.49. The first kappa shape index (κ1) is 12.8. The van der Waals surface area contributed by atoms with Crippen molar-refractivity contribution in [1.82, 2.24) is 4.90 Å². The van der Waals surface area contributed by atoms with Crippen LogP contribution in [-0.4, -0.2) is 28.7 Å². The third kappa shape index (κ3) is 2.78. The molecule has 0 N–H and O–H groups in total. The van der Waals surface area contributed by atoms with Crippen molar-refractivity contribution in [3.05, 3.63) is 35.9 Å². The first-order valence-corrected chi connectivity index (χ1v) is 6.35. The lowest BCUT2D eigenvalue weighted by atomic mass is 10.0. The lowest BCUT2D eigenvalue weighted by Gasteiger charge is -2.30. The molecule has 0 saturated carbocycles. The van der Waals surface area contributed by atoms with Crippen molar-refractivity contribution in [1.29, 1.82) is 0 Å². The minimum atomic E-state index is -0.315. The summed E-state index contributed by atoms with van der Waals surface area (Å²) in [6.07, 6.45) is 1.69. The standard InChI is InChI=1S/C15H19NO2/c1-15(2)10-13(17)11-16(15)14(18)9-8-12-6-4-3-5-7-12/h3-7H,8-11H2,1-2H3. The molecular weight excluding hydrogens is 226 g/mol. The second-order valence-electron chi connectivity index (χ2n) is 5.49. The quantitative estimate of drug-likeness (QED) is 0.818. The van der Waals surface area contributed by atoms with Gasteiger partial charge in [0, 0.05) is 18.4 Å². The van der Waals surface area contributed by atoms with E-state index in [1.165, 1.54) is 0 Å². The summed E-state index contributed by atoms with van der Waals surface area (Å²) in [6, 6.07) is 9.96. The van der Waals surface area contributed by atoms with E-state index in [4.69, 9.17) is 0 Å². The van der Waals surface area contributed by atoms with Gasteiger partial charge in [-0.1, -0.05) is 30.3 Å². The van der Waals surface area contributed by atoms with Gasteiger partial charge in [-0.25, -0.2) is 0 Å². The van der Waals surface area contributed by atoms with E-state index in [0.29, 0.717) is 12.8 Å². The van der Waals surface area contributed by atoms with Crippen LogP contribution >= 0.6 is 0 Å². The van der Waals surface area contributed by atoms with E-state index >= 15 is 0 Å². The molecule has 0 spiro atoms. The van der Waals surface area contributed by atoms with Gasteiger partial charge in [0.25, 0.3) is 0 Å². The molecule has 18 heavy (non-hydrogen) atoms.